The average molecular weight is 283 g/mol. The topological polar surface area (TPSA) is 47.3 Å². The number of hydrogen-bond donors (Lipinski definition) is 0. The number of likely N-dealkylation sites (N-methyl/N-ethyl adjacent to an activating group) is 1. The van der Waals surface area contributed by atoms with E-state index in [1.165, 1.54) is 0 Å². The van der Waals surface area contributed by atoms with E-state index in [2.05, 4.69) is 24.8 Å². The summed E-state index contributed by atoms with van der Waals surface area (Å²) in [5, 5.41) is 10.0. The summed E-state index contributed by atoms with van der Waals surface area (Å²) in [5.74, 6) is 0.0505. The van der Waals surface area contributed by atoms with Crippen molar-refractivity contribution in [3.05, 3.63) is 0 Å². The second kappa shape index (κ2) is 7.76. The molecule has 0 bridgehead atoms. The Morgan fingerprint density at radius 2 is 2.05 bits per heavy atom. The molecule has 0 saturated carbocycles. The number of carbonyl (C=O) groups is 1. The lowest BCUT2D eigenvalue weighted by Gasteiger charge is -2.35. The third-order valence-electron chi connectivity index (χ3n) is 3.30. The molecular formula is C14H25N3OS. The monoisotopic (exact) mass is 283 g/mol. The van der Waals surface area contributed by atoms with E-state index in [-0.39, 0.29) is 11.8 Å². The Balaban J connectivity index is 2.50. The van der Waals surface area contributed by atoms with Crippen molar-refractivity contribution in [3.63, 3.8) is 0 Å². The molecule has 0 radical (unpaired) electrons. The normalized spacial score (nSPS) is 25.6. The zero-order chi connectivity index (χ0) is 14.4. The highest BCUT2D eigenvalue weighted by Gasteiger charge is 2.25. The summed E-state index contributed by atoms with van der Waals surface area (Å²) >= 11 is 1.99. The molecule has 1 aliphatic rings. The standard InChI is InChI=1S/C14H25N3OS/c1-5-17(7-11(2)6-15)14(18)10-16-8-12(3)19-13(4)9-16/h11-13H,5,7-10H2,1-4H3/t11-,12-,13-/m1/s1. The molecule has 0 N–H and O–H groups in total. The van der Waals surface area contributed by atoms with Crippen LogP contribution in [0.1, 0.15) is 27.7 Å². The van der Waals surface area contributed by atoms with Gasteiger partial charge in [-0.3, -0.25) is 9.69 Å². The first kappa shape index (κ1) is 16.3. The zero-order valence-electron chi connectivity index (χ0n) is 12.4. The van der Waals surface area contributed by atoms with Gasteiger partial charge in [0.25, 0.3) is 0 Å². The lowest BCUT2D eigenvalue weighted by atomic mass is 10.2. The van der Waals surface area contributed by atoms with Crippen LogP contribution in [0.3, 0.4) is 0 Å². The summed E-state index contributed by atoms with van der Waals surface area (Å²) in [7, 11) is 0. The largest absolute Gasteiger partial charge is 0.341 e. The van der Waals surface area contributed by atoms with E-state index < -0.39 is 0 Å². The van der Waals surface area contributed by atoms with E-state index in [9.17, 15) is 4.79 Å². The number of nitrogens with zero attached hydrogens (tertiary/aromatic N) is 3. The molecule has 1 saturated heterocycles. The number of rotatable bonds is 5. The fraction of sp³-hybridized carbons (Fsp3) is 0.857. The molecule has 1 heterocycles. The highest BCUT2D eigenvalue weighted by Crippen LogP contribution is 2.24. The molecule has 4 nitrogen and oxygen atoms in total. The van der Waals surface area contributed by atoms with Crippen LogP contribution in [-0.2, 0) is 4.79 Å². The maximum Gasteiger partial charge on any atom is 0.236 e. The van der Waals surface area contributed by atoms with Gasteiger partial charge in [-0.25, -0.2) is 0 Å². The second-order valence-electron chi connectivity index (χ2n) is 5.41. The summed E-state index contributed by atoms with van der Waals surface area (Å²) in [6.07, 6.45) is 0. The van der Waals surface area contributed by atoms with Gasteiger partial charge in [0.05, 0.1) is 18.5 Å². The molecule has 1 rings (SSSR count). The molecule has 19 heavy (non-hydrogen) atoms. The molecule has 3 atom stereocenters. The Morgan fingerprint density at radius 1 is 1.47 bits per heavy atom. The Morgan fingerprint density at radius 3 is 2.53 bits per heavy atom. The van der Waals surface area contributed by atoms with Crippen molar-refractivity contribution in [1.82, 2.24) is 9.80 Å². The Kier molecular flexibility index (Phi) is 6.67. The van der Waals surface area contributed by atoms with E-state index >= 15 is 0 Å². The van der Waals surface area contributed by atoms with Gasteiger partial charge in [0.1, 0.15) is 0 Å². The van der Waals surface area contributed by atoms with Crippen molar-refractivity contribution in [3.8, 4) is 6.07 Å². The van der Waals surface area contributed by atoms with Crippen molar-refractivity contribution >= 4 is 17.7 Å². The molecule has 0 aromatic rings. The van der Waals surface area contributed by atoms with E-state index in [4.69, 9.17) is 5.26 Å². The summed E-state index contributed by atoms with van der Waals surface area (Å²) in [6.45, 7) is 11.9. The van der Waals surface area contributed by atoms with E-state index in [1.54, 1.807) is 4.90 Å². The van der Waals surface area contributed by atoms with Crippen molar-refractivity contribution in [2.45, 2.75) is 38.2 Å². The Hall–Kier alpha value is -0.730. The van der Waals surface area contributed by atoms with E-state index in [0.29, 0.717) is 30.1 Å². The number of hydrogen-bond acceptors (Lipinski definition) is 4. The average Bonchev–Trinajstić information content (AvgIpc) is 2.34. The molecule has 0 spiro atoms. The van der Waals surface area contributed by atoms with Crippen LogP contribution in [0.25, 0.3) is 0 Å². The van der Waals surface area contributed by atoms with E-state index in [1.807, 2.05) is 25.6 Å². The molecule has 0 aliphatic carbocycles. The van der Waals surface area contributed by atoms with Crippen molar-refractivity contribution in [1.29, 1.82) is 5.26 Å². The predicted octanol–water partition coefficient (Wildman–Crippen LogP) is 1.82. The quantitative estimate of drug-likeness (QED) is 0.772. The molecule has 1 aliphatic heterocycles. The van der Waals surface area contributed by atoms with Gasteiger partial charge in [0, 0.05) is 36.7 Å². The number of thioether (sulfide) groups is 1. The van der Waals surface area contributed by atoms with Crippen LogP contribution < -0.4 is 0 Å². The SMILES string of the molecule is CCN(C[C@H](C)C#N)C(=O)CN1C[C@@H](C)S[C@H](C)C1. The number of amides is 1. The van der Waals surface area contributed by atoms with Crippen LogP contribution in [0, 0.1) is 17.2 Å². The molecule has 0 aromatic heterocycles. The maximum atomic E-state index is 12.3. The van der Waals surface area contributed by atoms with Crippen molar-refractivity contribution < 1.29 is 4.79 Å². The summed E-state index contributed by atoms with van der Waals surface area (Å²) in [4.78, 5) is 16.3. The molecule has 1 fully saturated rings. The van der Waals surface area contributed by atoms with Gasteiger partial charge in [-0.05, 0) is 13.8 Å². The molecule has 108 valence electrons. The van der Waals surface area contributed by atoms with Gasteiger partial charge in [-0.2, -0.15) is 17.0 Å². The van der Waals surface area contributed by atoms with Gasteiger partial charge in [-0.15, -0.1) is 0 Å². The summed E-state index contributed by atoms with van der Waals surface area (Å²) in [6, 6.07) is 2.19. The van der Waals surface area contributed by atoms with Gasteiger partial charge in [0.2, 0.25) is 5.91 Å². The van der Waals surface area contributed by atoms with Crippen LogP contribution in [-0.4, -0.2) is 58.9 Å². The number of carbonyl (C=O) groups excluding carboxylic acids is 1. The lowest BCUT2D eigenvalue weighted by Crippen LogP contribution is -2.47. The number of nitriles is 1. The van der Waals surface area contributed by atoms with Crippen LogP contribution in [0.5, 0.6) is 0 Å². The predicted molar refractivity (Wildman–Crippen MR) is 80.0 cm³/mol. The fourth-order valence-corrected chi connectivity index (χ4v) is 3.87. The maximum absolute atomic E-state index is 12.3. The zero-order valence-corrected chi connectivity index (χ0v) is 13.2. The van der Waals surface area contributed by atoms with Gasteiger partial charge >= 0.3 is 0 Å². The van der Waals surface area contributed by atoms with Crippen LogP contribution in [0.15, 0.2) is 0 Å². The van der Waals surface area contributed by atoms with Gasteiger partial charge < -0.3 is 4.90 Å². The molecule has 0 aromatic carbocycles. The Labute approximate surface area is 121 Å². The molecule has 0 unspecified atom stereocenters. The fourth-order valence-electron chi connectivity index (χ4n) is 2.48. The second-order valence-corrected chi connectivity index (χ2v) is 7.30. The first-order valence-electron chi connectivity index (χ1n) is 7.01. The van der Waals surface area contributed by atoms with Crippen LogP contribution >= 0.6 is 11.8 Å². The summed E-state index contributed by atoms with van der Waals surface area (Å²) in [5.41, 5.74) is 0. The first-order valence-corrected chi connectivity index (χ1v) is 7.95. The smallest absolute Gasteiger partial charge is 0.236 e. The van der Waals surface area contributed by atoms with Gasteiger partial charge in [0.15, 0.2) is 0 Å². The highest BCUT2D eigenvalue weighted by molar-refractivity contribution is 8.00. The van der Waals surface area contributed by atoms with Crippen LogP contribution in [0.4, 0.5) is 0 Å². The third-order valence-corrected chi connectivity index (χ3v) is 4.53. The third kappa shape index (κ3) is 5.42. The lowest BCUT2D eigenvalue weighted by molar-refractivity contribution is -0.132. The Bertz CT molecular complexity index is 332. The minimum absolute atomic E-state index is 0.0985. The van der Waals surface area contributed by atoms with Crippen molar-refractivity contribution in [2.24, 2.45) is 5.92 Å². The molecule has 5 heteroatoms. The molecular weight excluding hydrogens is 258 g/mol. The van der Waals surface area contributed by atoms with Crippen molar-refractivity contribution in [2.75, 3.05) is 32.7 Å². The first-order chi connectivity index (χ1) is 8.96. The van der Waals surface area contributed by atoms with E-state index in [0.717, 1.165) is 13.1 Å². The summed E-state index contributed by atoms with van der Waals surface area (Å²) < 4.78 is 0. The molecule has 1 amide bonds. The highest BCUT2D eigenvalue weighted by atomic mass is 32.2. The minimum Gasteiger partial charge on any atom is -0.341 e. The van der Waals surface area contributed by atoms with Gasteiger partial charge in [-0.1, -0.05) is 13.8 Å². The van der Waals surface area contributed by atoms with Crippen LogP contribution in [0.2, 0.25) is 0 Å². The minimum atomic E-state index is -0.0985.